The van der Waals surface area contributed by atoms with Crippen LogP contribution in [0.25, 0.3) is 0 Å². The van der Waals surface area contributed by atoms with Gasteiger partial charge in [0.15, 0.2) is 11.5 Å². The molecule has 2 bridgehead atoms. The Balaban J connectivity index is 1.36. The summed E-state index contributed by atoms with van der Waals surface area (Å²) < 4.78 is 25.4. The smallest absolute Gasteiger partial charge is 0.254 e. The van der Waals surface area contributed by atoms with Gasteiger partial charge < -0.3 is 9.47 Å². The summed E-state index contributed by atoms with van der Waals surface area (Å²) in [7, 11) is 0. The van der Waals surface area contributed by atoms with E-state index in [1.165, 1.54) is 12.3 Å². The first-order valence-corrected chi connectivity index (χ1v) is 11.3. The van der Waals surface area contributed by atoms with Gasteiger partial charge >= 0.3 is 0 Å². The van der Waals surface area contributed by atoms with Gasteiger partial charge in [0, 0.05) is 5.56 Å². The summed E-state index contributed by atoms with van der Waals surface area (Å²) in [6.45, 7) is 2.16. The number of hydrogen-bond donors (Lipinski definition) is 0. The maximum absolute atomic E-state index is 13.9. The minimum Gasteiger partial charge on any atom is -0.490 e. The van der Waals surface area contributed by atoms with Gasteiger partial charge in [-0.3, -0.25) is 9.59 Å². The van der Waals surface area contributed by atoms with Crippen LogP contribution in [0.5, 0.6) is 11.5 Å². The van der Waals surface area contributed by atoms with Crippen molar-refractivity contribution >= 4 is 29.6 Å². The summed E-state index contributed by atoms with van der Waals surface area (Å²) >= 11 is 6.44. The maximum atomic E-state index is 13.9. The molecular formula is C25H22ClFN2O4. The van der Waals surface area contributed by atoms with Gasteiger partial charge in [-0.25, -0.2) is 4.39 Å². The second-order valence-electron chi connectivity index (χ2n) is 8.38. The van der Waals surface area contributed by atoms with E-state index in [4.69, 9.17) is 21.1 Å². The Kier molecular flexibility index (Phi) is 5.66. The predicted octanol–water partition coefficient (Wildman–Crippen LogP) is 4.60. The lowest BCUT2D eigenvalue weighted by atomic mass is 9.85. The van der Waals surface area contributed by atoms with E-state index < -0.39 is 0 Å². The van der Waals surface area contributed by atoms with E-state index in [1.807, 2.05) is 19.1 Å². The van der Waals surface area contributed by atoms with Gasteiger partial charge in [-0.15, -0.1) is 0 Å². The van der Waals surface area contributed by atoms with Gasteiger partial charge in [-0.05, 0) is 48.9 Å². The maximum Gasteiger partial charge on any atom is 0.254 e. The summed E-state index contributed by atoms with van der Waals surface area (Å²) in [6.07, 6.45) is 6.37. The quantitative estimate of drug-likeness (QED) is 0.338. The number of benzene rings is 2. The van der Waals surface area contributed by atoms with Gasteiger partial charge in [0.1, 0.15) is 12.4 Å². The van der Waals surface area contributed by atoms with E-state index in [0.717, 1.165) is 11.4 Å². The summed E-state index contributed by atoms with van der Waals surface area (Å²) in [5, 5.41) is 5.42. The topological polar surface area (TPSA) is 68.2 Å². The van der Waals surface area contributed by atoms with Crippen LogP contribution in [-0.2, 0) is 16.2 Å². The predicted molar refractivity (Wildman–Crippen MR) is 121 cm³/mol. The molecular weight excluding hydrogens is 447 g/mol. The summed E-state index contributed by atoms with van der Waals surface area (Å²) in [4.78, 5) is 25.6. The molecule has 5 rings (SSSR count). The molecule has 0 radical (unpaired) electrons. The number of allylic oxidation sites excluding steroid dienone is 2. The first kappa shape index (κ1) is 21.6. The van der Waals surface area contributed by atoms with Gasteiger partial charge in [0.2, 0.25) is 0 Å². The molecule has 6 nitrogen and oxygen atoms in total. The van der Waals surface area contributed by atoms with Gasteiger partial charge in [0.05, 0.1) is 29.7 Å². The zero-order valence-electron chi connectivity index (χ0n) is 17.9. The standard InChI is InChI=1S/C25H22ClFN2O4/c1-2-32-20-10-14(9-18(26)23(20)33-13-17-5-3-4-6-19(17)27)12-28-29-24(30)21-15-7-8-16(11-15)22(21)25(29)31/h3-10,12,15-16,21-22H,2,11,13H2,1H3/t15-,16-,21-,22+/m0/s1. The molecule has 1 heterocycles. The Morgan fingerprint density at radius 3 is 2.48 bits per heavy atom. The van der Waals surface area contributed by atoms with Crippen molar-refractivity contribution in [3.05, 3.63) is 70.5 Å². The van der Waals surface area contributed by atoms with E-state index in [9.17, 15) is 14.0 Å². The van der Waals surface area contributed by atoms with Gasteiger partial charge in [0.25, 0.3) is 11.8 Å². The highest BCUT2D eigenvalue weighted by atomic mass is 35.5. The van der Waals surface area contributed by atoms with Crippen LogP contribution < -0.4 is 9.47 Å². The van der Waals surface area contributed by atoms with Crippen molar-refractivity contribution in [3.63, 3.8) is 0 Å². The molecule has 8 heteroatoms. The van der Waals surface area contributed by atoms with Crippen LogP contribution in [0.1, 0.15) is 24.5 Å². The zero-order valence-corrected chi connectivity index (χ0v) is 18.7. The molecule has 0 aromatic heterocycles. The number of nitrogens with zero attached hydrogens (tertiary/aromatic N) is 2. The fourth-order valence-corrected chi connectivity index (χ4v) is 5.23. The number of halogens is 2. The first-order chi connectivity index (χ1) is 16.0. The van der Waals surface area contributed by atoms with E-state index in [1.54, 1.807) is 30.3 Å². The fourth-order valence-electron chi connectivity index (χ4n) is 4.96. The normalized spacial score (nSPS) is 25.4. The summed E-state index contributed by atoms with van der Waals surface area (Å²) in [6, 6.07) is 9.58. The molecule has 4 atom stereocenters. The van der Waals surface area contributed by atoms with Crippen molar-refractivity contribution in [1.29, 1.82) is 0 Å². The number of carbonyl (C=O) groups is 2. The molecule has 3 aliphatic rings. The molecule has 2 fully saturated rings. The van der Waals surface area contributed by atoms with E-state index in [0.29, 0.717) is 23.5 Å². The minimum absolute atomic E-state index is 0.0180. The van der Waals surface area contributed by atoms with Crippen LogP contribution in [0, 0.1) is 29.5 Å². The molecule has 2 amide bonds. The van der Waals surface area contributed by atoms with Crippen molar-refractivity contribution in [2.75, 3.05) is 6.61 Å². The van der Waals surface area contributed by atoms with Crippen molar-refractivity contribution in [2.24, 2.45) is 28.8 Å². The number of amides is 2. The van der Waals surface area contributed by atoms with Crippen LogP contribution in [0.3, 0.4) is 0 Å². The van der Waals surface area contributed by atoms with Gasteiger partial charge in [-0.2, -0.15) is 10.1 Å². The molecule has 1 saturated carbocycles. The second-order valence-corrected chi connectivity index (χ2v) is 8.78. The van der Waals surface area contributed by atoms with Gasteiger partial charge in [-0.1, -0.05) is 42.0 Å². The average Bonchev–Trinajstić information content (AvgIpc) is 3.47. The molecule has 0 N–H and O–H groups in total. The number of hydrogen-bond acceptors (Lipinski definition) is 5. The highest BCUT2D eigenvalue weighted by Crippen LogP contribution is 2.52. The number of imide groups is 1. The Hall–Kier alpha value is -3.19. The summed E-state index contributed by atoms with van der Waals surface area (Å²) in [5.41, 5.74) is 0.933. The first-order valence-electron chi connectivity index (χ1n) is 10.9. The molecule has 1 saturated heterocycles. The molecule has 170 valence electrons. The van der Waals surface area contributed by atoms with E-state index >= 15 is 0 Å². The third-order valence-corrected chi connectivity index (χ3v) is 6.71. The van der Waals surface area contributed by atoms with Crippen LogP contribution in [0.2, 0.25) is 5.02 Å². The molecule has 33 heavy (non-hydrogen) atoms. The van der Waals surface area contributed by atoms with Crippen molar-refractivity contribution < 1.29 is 23.5 Å². The number of carbonyl (C=O) groups excluding carboxylic acids is 2. The van der Waals surface area contributed by atoms with Crippen LogP contribution >= 0.6 is 11.6 Å². The van der Waals surface area contributed by atoms with Crippen molar-refractivity contribution in [1.82, 2.24) is 5.01 Å². The molecule has 0 spiro atoms. The minimum atomic E-state index is -0.372. The molecule has 2 aliphatic carbocycles. The second kappa shape index (κ2) is 8.63. The zero-order chi connectivity index (χ0) is 23.1. The lowest BCUT2D eigenvalue weighted by molar-refractivity contribution is -0.140. The molecule has 2 aromatic carbocycles. The third kappa shape index (κ3) is 3.80. The van der Waals surface area contributed by atoms with Crippen molar-refractivity contribution in [3.8, 4) is 11.5 Å². The number of ether oxygens (including phenoxy) is 2. The Morgan fingerprint density at radius 1 is 1.12 bits per heavy atom. The number of rotatable bonds is 7. The molecule has 2 aromatic rings. The largest absolute Gasteiger partial charge is 0.490 e. The monoisotopic (exact) mass is 468 g/mol. The number of fused-ring (bicyclic) bond motifs is 5. The van der Waals surface area contributed by atoms with E-state index in [-0.39, 0.29) is 58.7 Å². The fraction of sp³-hybridized carbons (Fsp3) is 0.320. The highest BCUT2D eigenvalue weighted by Gasteiger charge is 2.59. The lowest BCUT2D eigenvalue weighted by Gasteiger charge is -2.15. The summed E-state index contributed by atoms with van der Waals surface area (Å²) in [5.74, 6) is -0.585. The highest BCUT2D eigenvalue weighted by molar-refractivity contribution is 6.32. The van der Waals surface area contributed by atoms with Crippen LogP contribution in [0.15, 0.2) is 53.7 Å². The lowest BCUT2D eigenvalue weighted by Crippen LogP contribution is -2.28. The molecule has 0 unspecified atom stereocenters. The Labute approximate surface area is 195 Å². The van der Waals surface area contributed by atoms with Crippen LogP contribution in [0.4, 0.5) is 4.39 Å². The molecule has 1 aliphatic heterocycles. The Bertz CT molecular complexity index is 1150. The number of hydrazone groups is 1. The van der Waals surface area contributed by atoms with E-state index in [2.05, 4.69) is 5.10 Å². The third-order valence-electron chi connectivity index (χ3n) is 6.43. The average molecular weight is 469 g/mol. The SMILES string of the molecule is CCOc1cc(C=NN2C(=O)[C@@H]3[C@H](C2=O)[C@H]2C=C[C@H]3C2)cc(Cl)c1OCc1ccccc1F. The van der Waals surface area contributed by atoms with Crippen LogP contribution in [-0.4, -0.2) is 29.6 Å². The Morgan fingerprint density at radius 2 is 1.82 bits per heavy atom. The van der Waals surface area contributed by atoms with Crippen molar-refractivity contribution in [2.45, 2.75) is 20.0 Å².